The summed E-state index contributed by atoms with van der Waals surface area (Å²) in [5, 5.41) is 0. The van der Waals surface area contributed by atoms with E-state index in [9.17, 15) is 0 Å². The molecule has 0 aromatic rings. The van der Waals surface area contributed by atoms with Crippen molar-refractivity contribution >= 4 is 0 Å². The van der Waals surface area contributed by atoms with Crippen molar-refractivity contribution in [3.05, 3.63) is 0 Å². The first-order valence-corrected chi connectivity index (χ1v) is 7.20. The molecular formula is C14H28N+. The van der Waals surface area contributed by atoms with Crippen molar-refractivity contribution in [2.45, 2.75) is 58.3 Å². The van der Waals surface area contributed by atoms with Gasteiger partial charge in [0.25, 0.3) is 0 Å². The number of hydrogen-bond acceptors (Lipinski definition) is 0. The minimum absolute atomic E-state index is 1.12. The zero-order valence-corrected chi connectivity index (χ0v) is 10.5. The minimum Gasteiger partial charge on any atom is -0.324 e. The van der Waals surface area contributed by atoms with Crippen LogP contribution in [-0.4, -0.2) is 30.7 Å². The molecule has 0 aromatic carbocycles. The summed E-state index contributed by atoms with van der Waals surface area (Å²) in [5.74, 6) is 1.12. The normalized spacial score (nSPS) is 34.6. The molecule has 3 aliphatic rings. The van der Waals surface area contributed by atoms with Gasteiger partial charge in [-0.15, -0.1) is 0 Å². The molecule has 0 radical (unpaired) electrons. The number of hydrogen-bond donors (Lipinski definition) is 0. The lowest BCUT2D eigenvalue weighted by Gasteiger charge is -2.49. The van der Waals surface area contributed by atoms with Gasteiger partial charge in [0.15, 0.2) is 0 Å². The lowest BCUT2D eigenvalue weighted by molar-refractivity contribution is -0.942. The van der Waals surface area contributed by atoms with Gasteiger partial charge in [-0.05, 0) is 38.0 Å². The van der Waals surface area contributed by atoms with Crippen LogP contribution in [0.4, 0.5) is 0 Å². The molecule has 0 spiro atoms. The van der Waals surface area contributed by atoms with E-state index in [-0.39, 0.29) is 0 Å². The highest BCUT2D eigenvalue weighted by Crippen LogP contribution is 2.33. The van der Waals surface area contributed by atoms with E-state index in [1.54, 1.807) is 0 Å². The van der Waals surface area contributed by atoms with Crippen LogP contribution in [0.15, 0.2) is 0 Å². The summed E-state index contributed by atoms with van der Waals surface area (Å²) in [6.07, 6.45) is 11.9. The number of rotatable bonds is 6. The number of nitrogens with zero attached hydrogens (tertiary/aromatic N) is 1. The van der Waals surface area contributed by atoms with Crippen LogP contribution >= 0.6 is 0 Å². The second-order valence-corrected chi connectivity index (χ2v) is 5.88. The third-order valence-electron chi connectivity index (χ3n) is 4.77. The number of fused-ring (bicyclic) bond motifs is 3. The first kappa shape index (κ1) is 11.4. The van der Waals surface area contributed by atoms with Crippen LogP contribution in [0, 0.1) is 5.92 Å². The molecule has 1 heteroatoms. The monoisotopic (exact) mass is 210 g/mol. The molecule has 3 heterocycles. The smallest absolute Gasteiger partial charge is 0.0789 e. The Morgan fingerprint density at radius 1 is 0.867 bits per heavy atom. The van der Waals surface area contributed by atoms with Crippen molar-refractivity contribution in [3.8, 4) is 0 Å². The van der Waals surface area contributed by atoms with E-state index in [4.69, 9.17) is 0 Å². The quantitative estimate of drug-likeness (QED) is 0.464. The summed E-state index contributed by atoms with van der Waals surface area (Å²) < 4.78 is 1.50. The standard InChI is InChI=1S/C14H28N/c1-2-3-4-5-6-10-15-11-7-14(8-12-15)9-13-15/h14H,2-13H2,1H3/q+1. The fourth-order valence-corrected chi connectivity index (χ4v) is 3.52. The van der Waals surface area contributed by atoms with Crippen molar-refractivity contribution in [2.75, 3.05) is 26.2 Å². The van der Waals surface area contributed by atoms with Gasteiger partial charge in [0, 0.05) is 0 Å². The molecule has 15 heavy (non-hydrogen) atoms. The summed E-state index contributed by atoms with van der Waals surface area (Å²) in [7, 11) is 0. The average Bonchev–Trinajstić information content (AvgIpc) is 2.31. The van der Waals surface area contributed by atoms with E-state index < -0.39 is 0 Å². The Bertz CT molecular complexity index is 166. The summed E-state index contributed by atoms with van der Waals surface area (Å²) >= 11 is 0. The maximum atomic E-state index is 2.30. The SMILES string of the molecule is CCCCCCC[N+]12CCC(CC1)CC2. The lowest BCUT2D eigenvalue weighted by atomic mass is 9.85. The lowest BCUT2D eigenvalue weighted by Crippen LogP contribution is -2.58. The van der Waals surface area contributed by atoms with Crippen LogP contribution < -0.4 is 0 Å². The molecule has 0 saturated carbocycles. The van der Waals surface area contributed by atoms with Crippen molar-refractivity contribution < 1.29 is 4.48 Å². The van der Waals surface area contributed by atoms with Crippen molar-refractivity contribution in [3.63, 3.8) is 0 Å². The molecule has 0 amide bonds. The predicted molar refractivity (Wildman–Crippen MR) is 65.8 cm³/mol. The highest BCUT2D eigenvalue weighted by Gasteiger charge is 2.38. The maximum Gasteiger partial charge on any atom is 0.0789 e. The second kappa shape index (κ2) is 5.34. The Hall–Kier alpha value is -0.0400. The fourth-order valence-electron chi connectivity index (χ4n) is 3.52. The Labute approximate surface area is 95.4 Å². The zero-order chi connectivity index (χ0) is 10.6. The van der Waals surface area contributed by atoms with Crippen LogP contribution in [0.25, 0.3) is 0 Å². The molecule has 88 valence electrons. The van der Waals surface area contributed by atoms with Gasteiger partial charge < -0.3 is 4.48 Å². The molecule has 3 rings (SSSR count). The minimum atomic E-state index is 1.12. The molecule has 0 aromatic heterocycles. The van der Waals surface area contributed by atoms with Gasteiger partial charge in [-0.1, -0.05) is 26.2 Å². The van der Waals surface area contributed by atoms with Crippen LogP contribution in [0.3, 0.4) is 0 Å². The molecule has 0 aliphatic carbocycles. The molecule has 3 fully saturated rings. The molecule has 3 aliphatic heterocycles. The van der Waals surface area contributed by atoms with E-state index in [0.717, 1.165) is 5.92 Å². The highest BCUT2D eigenvalue weighted by molar-refractivity contribution is 4.71. The summed E-state index contributed by atoms with van der Waals surface area (Å²) in [6, 6.07) is 0. The maximum absolute atomic E-state index is 2.30. The van der Waals surface area contributed by atoms with E-state index in [0.29, 0.717) is 0 Å². The second-order valence-electron chi connectivity index (χ2n) is 5.88. The number of quaternary nitrogens is 1. The van der Waals surface area contributed by atoms with E-state index in [1.807, 2.05) is 0 Å². The average molecular weight is 210 g/mol. The number of piperidine rings is 3. The first-order chi connectivity index (χ1) is 7.35. The van der Waals surface area contributed by atoms with Gasteiger partial charge in [0.05, 0.1) is 26.2 Å². The topological polar surface area (TPSA) is 0 Å². The van der Waals surface area contributed by atoms with E-state index in [2.05, 4.69) is 6.92 Å². The van der Waals surface area contributed by atoms with Crippen molar-refractivity contribution in [2.24, 2.45) is 5.92 Å². The predicted octanol–water partition coefficient (Wildman–Crippen LogP) is 3.59. The van der Waals surface area contributed by atoms with Gasteiger partial charge in [-0.25, -0.2) is 0 Å². The number of unbranched alkanes of at least 4 members (excludes halogenated alkanes) is 4. The Balaban J connectivity index is 1.64. The summed E-state index contributed by atoms with van der Waals surface area (Å²) in [5.41, 5.74) is 0. The largest absolute Gasteiger partial charge is 0.324 e. The molecule has 3 saturated heterocycles. The van der Waals surface area contributed by atoms with Crippen LogP contribution in [-0.2, 0) is 0 Å². The zero-order valence-electron chi connectivity index (χ0n) is 10.5. The van der Waals surface area contributed by atoms with Crippen molar-refractivity contribution in [1.29, 1.82) is 0 Å². The van der Waals surface area contributed by atoms with Crippen LogP contribution in [0.1, 0.15) is 58.3 Å². The Morgan fingerprint density at radius 3 is 2.07 bits per heavy atom. The fraction of sp³-hybridized carbons (Fsp3) is 1.00. The molecule has 2 bridgehead atoms. The van der Waals surface area contributed by atoms with Gasteiger partial charge in [-0.2, -0.15) is 0 Å². The van der Waals surface area contributed by atoms with Crippen LogP contribution in [0.5, 0.6) is 0 Å². The first-order valence-electron chi connectivity index (χ1n) is 7.20. The Kier molecular flexibility index (Phi) is 4.07. The van der Waals surface area contributed by atoms with Gasteiger partial charge in [0.2, 0.25) is 0 Å². The van der Waals surface area contributed by atoms with Gasteiger partial charge >= 0.3 is 0 Å². The highest BCUT2D eigenvalue weighted by atomic mass is 15.4. The third-order valence-corrected chi connectivity index (χ3v) is 4.77. The summed E-state index contributed by atoms with van der Waals surface area (Å²) in [4.78, 5) is 0. The van der Waals surface area contributed by atoms with Gasteiger partial charge in [0.1, 0.15) is 0 Å². The van der Waals surface area contributed by atoms with Crippen LogP contribution in [0.2, 0.25) is 0 Å². The third kappa shape index (κ3) is 2.96. The van der Waals surface area contributed by atoms with Gasteiger partial charge in [-0.3, -0.25) is 0 Å². The summed E-state index contributed by atoms with van der Waals surface area (Å²) in [6.45, 7) is 8.34. The Morgan fingerprint density at radius 2 is 1.47 bits per heavy atom. The van der Waals surface area contributed by atoms with E-state index >= 15 is 0 Å². The van der Waals surface area contributed by atoms with Crippen molar-refractivity contribution in [1.82, 2.24) is 0 Å². The molecule has 0 unspecified atom stereocenters. The molecular weight excluding hydrogens is 182 g/mol. The molecule has 0 atom stereocenters. The molecule has 1 nitrogen and oxygen atoms in total. The van der Waals surface area contributed by atoms with E-state index in [1.165, 1.54) is 82.0 Å². The molecule has 0 N–H and O–H groups in total.